The van der Waals surface area contributed by atoms with Crippen LogP contribution in [0.15, 0.2) is 12.3 Å². The summed E-state index contributed by atoms with van der Waals surface area (Å²) < 4.78 is 0. The molecule has 1 aliphatic rings. The van der Waals surface area contributed by atoms with Gasteiger partial charge in [-0.3, -0.25) is 9.78 Å². The van der Waals surface area contributed by atoms with Gasteiger partial charge in [-0.1, -0.05) is 11.6 Å². The molecule has 0 spiro atoms. The maximum absolute atomic E-state index is 12.2. The maximum atomic E-state index is 12.2. The Bertz CT molecular complexity index is 402. The lowest BCUT2D eigenvalue weighted by Crippen LogP contribution is -2.46. The average molecular weight is 240 g/mol. The summed E-state index contributed by atoms with van der Waals surface area (Å²) in [6.45, 7) is 5.00. The van der Waals surface area contributed by atoms with E-state index in [-0.39, 0.29) is 5.91 Å². The molecule has 16 heavy (non-hydrogen) atoms. The van der Waals surface area contributed by atoms with Crippen molar-refractivity contribution >= 4 is 17.5 Å². The summed E-state index contributed by atoms with van der Waals surface area (Å²) in [6, 6.07) is 1.69. The number of carbonyl (C=O) groups is 1. The number of hydrogen-bond acceptors (Lipinski definition) is 3. The van der Waals surface area contributed by atoms with Crippen molar-refractivity contribution in [2.75, 3.05) is 26.2 Å². The number of aromatic nitrogens is 1. The lowest BCUT2D eigenvalue weighted by molar-refractivity contribution is 0.0734. The first-order valence-corrected chi connectivity index (χ1v) is 5.68. The molecule has 1 fully saturated rings. The third-order valence-corrected chi connectivity index (χ3v) is 2.89. The Morgan fingerprint density at radius 1 is 1.50 bits per heavy atom. The van der Waals surface area contributed by atoms with Crippen LogP contribution in [-0.4, -0.2) is 42.0 Å². The van der Waals surface area contributed by atoms with Crippen LogP contribution in [-0.2, 0) is 0 Å². The minimum absolute atomic E-state index is 0.0222. The van der Waals surface area contributed by atoms with Crippen LogP contribution < -0.4 is 5.32 Å². The van der Waals surface area contributed by atoms with E-state index >= 15 is 0 Å². The molecule has 0 atom stereocenters. The highest BCUT2D eigenvalue weighted by Crippen LogP contribution is 2.15. The third kappa shape index (κ3) is 2.33. The van der Waals surface area contributed by atoms with Gasteiger partial charge in [-0.2, -0.15) is 0 Å². The Balaban J connectivity index is 2.22. The smallest absolute Gasteiger partial charge is 0.255 e. The molecule has 1 amide bonds. The van der Waals surface area contributed by atoms with Crippen molar-refractivity contribution in [3.63, 3.8) is 0 Å². The van der Waals surface area contributed by atoms with Gasteiger partial charge in [-0.15, -0.1) is 0 Å². The number of nitrogens with one attached hydrogen (secondary N) is 1. The molecule has 4 nitrogen and oxygen atoms in total. The average Bonchev–Trinajstić information content (AvgIpc) is 2.32. The van der Waals surface area contributed by atoms with Gasteiger partial charge in [0.15, 0.2) is 0 Å². The first-order valence-electron chi connectivity index (χ1n) is 5.30. The molecule has 1 aromatic rings. The molecule has 2 heterocycles. The van der Waals surface area contributed by atoms with E-state index in [2.05, 4.69) is 10.3 Å². The Hall–Kier alpha value is -1.13. The Labute approximate surface area is 99.6 Å². The normalized spacial score (nSPS) is 16.2. The van der Waals surface area contributed by atoms with Gasteiger partial charge in [0.2, 0.25) is 0 Å². The van der Waals surface area contributed by atoms with E-state index in [1.54, 1.807) is 12.3 Å². The van der Waals surface area contributed by atoms with Gasteiger partial charge in [0.05, 0.1) is 16.3 Å². The highest BCUT2D eigenvalue weighted by atomic mass is 35.5. The monoisotopic (exact) mass is 239 g/mol. The predicted molar refractivity (Wildman–Crippen MR) is 62.8 cm³/mol. The van der Waals surface area contributed by atoms with Crippen LogP contribution in [0.5, 0.6) is 0 Å². The molecule has 0 saturated carbocycles. The molecule has 2 rings (SSSR count). The number of hydrogen-bond donors (Lipinski definition) is 1. The highest BCUT2D eigenvalue weighted by Gasteiger charge is 2.20. The Morgan fingerprint density at radius 2 is 2.19 bits per heavy atom. The van der Waals surface area contributed by atoms with Gasteiger partial charge in [0.25, 0.3) is 5.91 Å². The molecular weight excluding hydrogens is 226 g/mol. The molecule has 0 aliphatic carbocycles. The summed E-state index contributed by atoms with van der Waals surface area (Å²) in [5, 5.41) is 3.72. The number of aryl methyl sites for hydroxylation is 1. The van der Waals surface area contributed by atoms with Gasteiger partial charge in [-0.25, -0.2) is 0 Å². The molecule has 5 heteroatoms. The van der Waals surface area contributed by atoms with Crippen molar-refractivity contribution in [1.29, 1.82) is 0 Å². The molecule has 1 aliphatic heterocycles. The summed E-state index contributed by atoms with van der Waals surface area (Å²) in [6.07, 6.45) is 1.56. The fourth-order valence-corrected chi connectivity index (χ4v) is 1.92. The molecule has 0 aromatic carbocycles. The molecule has 0 bridgehead atoms. The van der Waals surface area contributed by atoms with E-state index in [1.165, 1.54) is 0 Å². The summed E-state index contributed by atoms with van der Waals surface area (Å²) in [4.78, 5) is 18.1. The maximum Gasteiger partial charge on any atom is 0.255 e. The molecule has 0 radical (unpaired) electrons. The number of pyridine rings is 1. The Kier molecular flexibility index (Phi) is 3.41. The van der Waals surface area contributed by atoms with E-state index < -0.39 is 0 Å². The quantitative estimate of drug-likeness (QED) is 0.798. The van der Waals surface area contributed by atoms with E-state index in [4.69, 9.17) is 11.6 Å². The second-order valence-electron chi connectivity index (χ2n) is 3.83. The van der Waals surface area contributed by atoms with Crippen LogP contribution in [0.2, 0.25) is 5.02 Å². The zero-order valence-electron chi connectivity index (χ0n) is 9.16. The van der Waals surface area contributed by atoms with E-state index in [0.29, 0.717) is 10.6 Å². The number of carbonyl (C=O) groups excluding carboxylic acids is 1. The van der Waals surface area contributed by atoms with Crippen molar-refractivity contribution in [2.45, 2.75) is 6.92 Å². The van der Waals surface area contributed by atoms with Gasteiger partial charge >= 0.3 is 0 Å². The summed E-state index contributed by atoms with van der Waals surface area (Å²) in [7, 11) is 0. The van der Waals surface area contributed by atoms with Crippen LogP contribution in [0, 0.1) is 6.92 Å². The summed E-state index contributed by atoms with van der Waals surface area (Å²) in [5.74, 6) is 0.0222. The molecule has 1 N–H and O–H groups in total. The van der Waals surface area contributed by atoms with Crippen LogP contribution in [0.25, 0.3) is 0 Å². The number of halogens is 1. The fourth-order valence-electron chi connectivity index (χ4n) is 1.76. The van der Waals surface area contributed by atoms with E-state index in [9.17, 15) is 4.79 Å². The Morgan fingerprint density at radius 3 is 2.88 bits per heavy atom. The van der Waals surface area contributed by atoms with Crippen LogP contribution in [0.3, 0.4) is 0 Å². The van der Waals surface area contributed by atoms with Crippen molar-refractivity contribution in [3.05, 3.63) is 28.5 Å². The van der Waals surface area contributed by atoms with E-state index in [1.807, 2.05) is 11.8 Å². The van der Waals surface area contributed by atoms with Crippen molar-refractivity contribution in [3.8, 4) is 0 Å². The van der Waals surface area contributed by atoms with Crippen LogP contribution >= 0.6 is 11.6 Å². The lowest BCUT2D eigenvalue weighted by atomic mass is 10.1. The summed E-state index contributed by atoms with van der Waals surface area (Å²) >= 11 is 5.85. The van der Waals surface area contributed by atoms with Crippen LogP contribution in [0.1, 0.15) is 16.1 Å². The summed E-state index contributed by atoms with van der Waals surface area (Å²) in [5.41, 5.74) is 1.34. The molecule has 86 valence electrons. The minimum Gasteiger partial charge on any atom is -0.336 e. The standard InChI is InChI=1S/C11H14ClN3O/c1-8-10(6-9(12)7-14-8)11(16)15-4-2-13-3-5-15/h6-7,13H,2-5H2,1H3. The minimum atomic E-state index is 0.0222. The number of piperazine rings is 1. The van der Waals surface area contributed by atoms with Crippen molar-refractivity contribution < 1.29 is 4.79 Å². The number of nitrogens with zero attached hydrogens (tertiary/aromatic N) is 2. The van der Waals surface area contributed by atoms with Crippen LogP contribution in [0.4, 0.5) is 0 Å². The second kappa shape index (κ2) is 4.80. The zero-order valence-corrected chi connectivity index (χ0v) is 9.92. The second-order valence-corrected chi connectivity index (χ2v) is 4.27. The zero-order chi connectivity index (χ0) is 11.5. The number of amides is 1. The molecule has 0 unspecified atom stereocenters. The predicted octanol–water partition coefficient (Wildman–Crippen LogP) is 1.09. The van der Waals surface area contributed by atoms with E-state index in [0.717, 1.165) is 31.9 Å². The molecule has 1 aromatic heterocycles. The number of rotatable bonds is 1. The largest absolute Gasteiger partial charge is 0.336 e. The van der Waals surface area contributed by atoms with Crippen molar-refractivity contribution in [2.24, 2.45) is 0 Å². The first-order chi connectivity index (χ1) is 7.68. The van der Waals surface area contributed by atoms with Crippen molar-refractivity contribution in [1.82, 2.24) is 15.2 Å². The topological polar surface area (TPSA) is 45.2 Å². The third-order valence-electron chi connectivity index (χ3n) is 2.69. The molecular formula is C11H14ClN3O. The lowest BCUT2D eigenvalue weighted by Gasteiger charge is -2.27. The SMILES string of the molecule is Cc1ncc(Cl)cc1C(=O)N1CCNCC1. The van der Waals surface area contributed by atoms with Gasteiger partial charge < -0.3 is 10.2 Å². The fraction of sp³-hybridized carbons (Fsp3) is 0.455. The van der Waals surface area contributed by atoms with Gasteiger partial charge in [-0.05, 0) is 13.0 Å². The highest BCUT2D eigenvalue weighted by molar-refractivity contribution is 6.30. The van der Waals surface area contributed by atoms with Gasteiger partial charge in [0.1, 0.15) is 0 Å². The molecule has 1 saturated heterocycles. The van der Waals surface area contributed by atoms with Gasteiger partial charge in [0, 0.05) is 32.4 Å². The first kappa shape index (κ1) is 11.4.